The van der Waals surface area contributed by atoms with Crippen molar-refractivity contribution in [1.29, 1.82) is 0 Å². The Kier molecular flexibility index (Phi) is 6.97. The molecule has 0 heterocycles. The highest BCUT2D eigenvalue weighted by Gasteiger charge is 2.04. The first-order valence-electron chi connectivity index (χ1n) is 6.64. The topological polar surface area (TPSA) is 47.6 Å². The molecular formula is C15H23NO3. The van der Waals surface area contributed by atoms with Crippen molar-refractivity contribution in [1.82, 2.24) is 5.32 Å². The Labute approximate surface area is 115 Å². The van der Waals surface area contributed by atoms with Gasteiger partial charge in [-0.25, -0.2) is 0 Å². The van der Waals surface area contributed by atoms with Gasteiger partial charge in [0.05, 0.1) is 13.7 Å². The number of hydrogen-bond donors (Lipinski definition) is 1. The van der Waals surface area contributed by atoms with Crippen LogP contribution in [0.3, 0.4) is 0 Å². The van der Waals surface area contributed by atoms with Gasteiger partial charge in [0.1, 0.15) is 5.75 Å². The van der Waals surface area contributed by atoms with Gasteiger partial charge in [0.15, 0.2) is 0 Å². The third-order valence-corrected chi connectivity index (χ3v) is 2.68. The molecule has 0 saturated carbocycles. The van der Waals surface area contributed by atoms with Crippen molar-refractivity contribution in [2.45, 2.75) is 39.3 Å². The van der Waals surface area contributed by atoms with E-state index in [0.29, 0.717) is 25.5 Å². The molecule has 0 spiro atoms. The number of esters is 1. The second-order valence-corrected chi connectivity index (χ2v) is 4.67. The van der Waals surface area contributed by atoms with Crippen LogP contribution in [0.5, 0.6) is 5.75 Å². The summed E-state index contributed by atoms with van der Waals surface area (Å²) in [7, 11) is 1.40. The molecule has 0 unspecified atom stereocenters. The summed E-state index contributed by atoms with van der Waals surface area (Å²) in [6.07, 6.45) is 1.06. The van der Waals surface area contributed by atoms with E-state index in [2.05, 4.69) is 23.9 Å². The SMILES string of the molecule is COC(=O)CCCOc1ccccc1CNC(C)C. The molecule has 0 atom stereocenters. The summed E-state index contributed by atoms with van der Waals surface area (Å²) in [5, 5.41) is 3.37. The van der Waals surface area contributed by atoms with Gasteiger partial charge < -0.3 is 14.8 Å². The minimum Gasteiger partial charge on any atom is -0.493 e. The first-order chi connectivity index (χ1) is 9.13. The number of para-hydroxylation sites is 1. The summed E-state index contributed by atoms with van der Waals surface area (Å²) < 4.78 is 10.3. The summed E-state index contributed by atoms with van der Waals surface area (Å²) >= 11 is 0. The summed E-state index contributed by atoms with van der Waals surface area (Å²) in [6.45, 7) is 5.53. The molecule has 0 aliphatic rings. The fourth-order valence-electron chi connectivity index (χ4n) is 1.61. The van der Waals surface area contributed by atoms with Crippen LogP contribution in [-0.2, 0) is 16.1 Å². The molecule has 0 bridgehead atoms. The maximum atomic E-state index is 11.0. The Morgan fingerprint density at radius 3 is 2.74 bits per heavy atom. The highest BCUT2D eigenvalue weighted by atomic mass is 16.5. The van der Waals surface area contributed by atoms with Gasteiger partial charge >= 0.3 is 5.97 Å². The monoisotopic (exact) mass is 265 g/mol. The predicted octanol–water partition coefficient (Wildman–Crippen LogP) is 2.52. The molecule has 0 aromatic heterocycles. The molecule has 1 N–H and O–H groups in total. The van der Waals surface area contributed by atoms with E-state index in [-0.39, 0.29) is 5.97 Å². The second kappa shape index (κ2) is 8.53. The van der Waals surface area contributed by atoms with E-state index < -0.39 is 0 Å². The van der Waals surface area contributed by atoms with Crippen molar-refractivity contribution < 1.29 is 14.3 Å². The molecule has 1 rings (SSSR count). The van der Waals surface area contributed by atoms with Crippen LogP contribution in [0.2, 0.25) is 0 Å². The van der Waals surface area contributed by atoms with E-state index in [1.807, 2.05) is 24.3 Å². The highest BCUT2D eigenvalue weighted by molar-refractivity contribution is 5.69. The fraction of sp³-hybridized carbons (Fsp3) is 0.533. The number of methoxy groups -OCH3 is 1. The second-order valence-electron chi connectivity index (χ2n) is 4.67. The molecular weight excluding hydrogens is 242 g/mol. The Balaban J connectivity index is 2.41. The molecule has 0 radical (unpaired) electrons. The summed E-state index contributed by atoms with van der Waals surface area (Å²) in [5.74, 6) is 0.680. The van der Waals surface area contributed by atoms with E-state index in [1.165, 1.54) is 7.11 Å². The molecule has 0 fully saturated rings. The number of hydrogen-bond acceptors (Lipinski definition) is 4. The van der Waals surface area contributed by atoms with Gasteiger partial charge in [-0.2, -0.15) is 0 Å². The van der Waals surface area contributed by atoms with Crippen LogP contribution in [0.15, 0.2) is 24.3 Å². The van der Waals surface area contributed by atoms with Crippen LogP contribution in [0.4, 0.5) is 0 Å². The molecule has 4 nitrogen and oxygen atoms in total. The van der Waals surface area contributed by atoms with Crippen LogP contribution >= 0.6 is 0 Å². The molecule has 0 aliphatic carbocycles. The third kappa shape index (κ3) is 6.25. The van der Waals surface area contributed by atoms with Crippen LogP contribution in [0.25, 0.3) is 0 Å². The van der Waals surface area contributed by atoms with Crippen molar-refractivity contribution in [2.24, 2.45) is 0 Å². The summed E-state index contributed by atoms with van der Waals surface area (Å²) in [4.78, 5) is 11.0. The average molecular weight is 265 g/mol. The van der Waals surface area contributed by atoms with Crippen LogP contribution in [0, 0.1) is 0 Å². The van der Waals surface area contributed by atoms with Gasteiger partial charge in [0, 0.05) is 24.6 Å². The predicted molar refractivity (Wildman–Crippen MR) is 75.2 cm³/mol. The maximum absolute atomic E-state index is 11.0. The maximum Gasteiger partial charge on any atom is 0.305 e. The number of nitrogens with one attached hydrogen (secondary N) is 1. The molecule has 1 aromatic rings. The lowest BCUT2D eigenvalue weighted by molar-refractivity contribution is -0.140. The van der Waals surface area contributed by atoms with Gasteiger partial charge in [-0.05, 0) is 12.5 Å². The van der Waals surface area contributed by atoms with Crippen molar-refractivity contribution in [2.75, 3.05) is 13.7 Å². The van der Waals surface area contributed by atoms with Crippen LogP contribution < -0.4 is 10.1 Å². The zero-order valence-corrected chi connectivity index (χ0v) is 11.9. The summed E-state index contributed by atoms with van der Waals surface area (Å²) in [6, 6.07) is 8.39. The van der Waals surface area contributed by atoms with Gasteiger partial charge in [0.25, 0.3) is 0 Å². The van der Waals surface area contributed by atoms with Gasteiger partial charge in [0.2, 0.25) is 0 Å². The van der Waals surface area contributed by atoms with Gasteiger partial charge in [-0.3, -0.25) is 4.79 Å². The Hall–Kier alpha value is -1.55. The first kappa shape index (κ1) is 15.5. The van der Waals surface area contributed by atoms with E-state index >= 15 is 0 Å². The first-order valence-corrected chi connectivity index (χ1v) is 6.64. The van der Waals surface area contributed by atoms with E-state index in [0.717, 1.165) is 17.9 Å². The van der Waals surface area contributed by atoms with Crippen molar-refractivity contribution in [3.8, 4) is 5.75 Å². The Morgan fingerprint density at radius 1 is 1.32 bits per heavy atom. The van der Waals surface area contributed by atoms with Crippen LogP contribution in [-0.4, -0.2) is 25.7 Å². The van der Waals surface area contributed by atoms with Crippen LogP contribution in [0.1, 0.15) is 32.3 Å². The van der Waals surface area contributed by atoms with Crippen molar-refractivity contribution >= 4 is 5.97 Å². The third-order valence-electron chi connectivity index (χ3n) is 2.68. The molecule has 0 aliphatic heterocycles. The zero-order chi connectivity index (χ0) is 14.1. The van der Waals surface area contributed by atoms with Gasteiger partial charge in [-0.15, -0.1) is 0 Å². The molecule has 0 saturated heterocycles. The standard InChI is InChI=1S/C15H23NO3/c1-12(2)16-11-13-7-4-5-8-14(13)19-10-6-9-15(17)18-3/h4-5,7-8,12,16H,6,9-11H2,1-3H3. The Bertz CT molecular complexity index is 391. The quantitative estimate of drug-likeness (QED) is 0.579. The largest absolute Gasteiger partial charge is 0.493 e. The molecule has 1 aromatic carbocycles. The minimum atomic E-state index is -0.196. The highest BCUT2D eigenvalue weighted by Crippen LogP contribution is 2.18. The molecule has 4 heteroatoms. The molecule has 19 heavy (non-hydrogen) atoms. The zero-order valence-electron chi connectivity index (χ0n) is 11.9. The lowest BCUT2D eigenvalue weighted by Gasteiger charge is -2.13. The lowest BCUT2D eigenvalue weighted by Crippen LogP contribution is -2.22. The van der Waals surface area contributed by atoms with E-state index in [4.69, 9.17) is 4.74 Å². The fourth-order valence-corrected chi connectivity index (χ4v) is 1.61. The number of carbonyl (C=O) groups is 1. The summed E-state index contributed by atoms with van der Waals surface area (Å²) in [5.41, 5.74) is 1.13. The normalized spacial score (nSPS) is 10.5. The van der Waals surface area contributed by atoms with E-state index in [9.17, 15) is 4.79 Å². The lowest BCUT2D eigenvalue weighted by atomic mass is 10.2. The molecule has 0 amide bonds. The minimum absolute atomic E-state index is 0.196. The number of carbonyl (C=O) groups excluding carboxylic acids is 1. The number of benzene rings is 1. The average Bonchev–Trinajstić information content (AvgIpc) is 2.41. The van der Waals surface area contributed by atoms with Crippen molar-refractivity contribution in [3.05, 3.63) is 29.8 Å². The molecule has 106 valence electrons. The Morgan fingerprint density at radius 2 is 2.05 bits per heavy atom. The number of rotatable bonds is 8. The van der Waals surface area contributed by atoms with Gasteiger partial charge in [-0.1, -0.05) is 32.0 Å². The van der Waals surface area contributed by atoms with Crippen molar-refractivity contribution in [3.63, 3.8) is 0 Å². The van der Waals surface area contributed by atoms with E-state index in [1.54, 1.807) is 0 Å². The smallest absolute Gasteiger partial charge is 0.305 e. The number of ether oxygens (including phenoxy) is 2.